The predicted molar refractivity (Wildman–Crippen MR) is 67.0 cm³/mol. The van der Waals surface area contributed by atoms with Gasteiger partial charge in [0.05, 0.1) is 6.54 Å². The van der Waals surface area contributed by atoms with Gasteiger partial charge in [0.1, 0.15) is 6.10 Å². The molecule has 86 valence electrons. The normalized spacial score (nSPS) is 12.0. The average molecular weight is 217 g/mol. The maximum atomic E-state index is 9.79. The maximum absolute atomic E-state index is 9.79. The highest BCUT2D eigenvalue weighted by atomic mass is 16.3. The third-order valence-corrected chi connectivity index (χ3v) is 2.55. The van der Waals surface area contributed by atoms with Gasteiger partial charge in [0, 0.05) is 0 Å². The largest absolute Gasteiger partial charge is 0.376 e. The fourth-order valence-electron chi connectivity index (χ4n) is 1.42. The van der Waals surface area contributed by atoms with E-state index in [1.807, 2.05) is 30.3 Å². The molecule has 0 aliphatic heterocycles. The molecular formula is C14H19NO. The Morgan fingerprint density at radius 2 is 1.81 bits per heavy atom. The van der Waals surface area contributed by atoms with E-state index in [-0.39, 0.29) is 0 Å². The smallest absolute Gasteiger partial charge is 0.140 e. The number of hydrogen-bond donors (Lipinski definition) is 1. The zero-order chi connectivity index (χ0) is 11.8. The second-order valence-corrected chi connectivity index (χ2v) is 3.60. The SMILES string of the molecule is CCN(CC)CC#C[C@@H](O)c1ccccc1. The third kappa shape index (κ3) is 4.06. The predicted octanol–water partition coefficient (Wildman–Crippen LogP) is 2.07. The highest BCUT2D eigenvalue weighted by Crippen LogP contribution is 2.09. The van der Waals surface area contributed by atoms with Gasteiger partial charge in [-0.05, 0) is 18.7 Å². The molecule has 2 heteroatoms. The van der Waals surface area contributed by atoms with Crippen LogP contribution in [0.5, 0.6) is 0 Å². The van der Waals surface area contributed by atoms with Crippen LogP contribution in [0.4, 0.5) is 0 Å². The summed E-state index contributed by atoms with van der Waals surface area (Å²) in [6.07, 6.45) is -0.670. The molecule has 1 aromatic carbocycles. The van der Waals surface area contributed by atoms with E-state index >= 15 is 0 Å². The second-order valence-electron chi connectivity index (χ2n) is 3.60. The minimum Gasteiger partial charge on any atom is -0.376 e. The Bertz CT molecular complexity index is 346. The third-order valence-electron chi connectivity index (χ3n) is 2.55. The van der Waals surface area contributed by atoms with Crippen molar-refractivity contribution in [3.63, 3.8) is 0 Å². The summed E-state index contributed by atoms with van der Waals surface area (Å²) in [6.45, 7) is 6.92. The molecule has 1 rings (SSSR count). The summed E-state index contributed by atoms with van der Waals surface area (Å²) in [5.74, 6) is 5.87. The summed E-state index contributed by atoms with van der Waals surface area (Å²) in [4.78, 5) is 2.21. The fourth-order valence-corrected chi connectivity index (χ4v) is 1.42. The van der Waals surface area contributed by atoms with Crippen LogP contribution < -0.4 is 0 Å². The molecule has 0 heterocycles. The van der Waals surface area contributed by atoms with Gasteiger partial charge in [0.15, 0.2) is 0 Å². The highest BCUT2D eigenvalue weighted by molar-refractivity contribution is 5.24. The van der Waals surface area contributed by atoms with E-state index in [2.05, 4.69) is 30.6 Å². The Kier molecular flexibility index (Phi) is 5.63. The van der Waals surface area contributed by atoms with E-state index in [4.69, 9.17) is 0 Å². The summed E-state index contributed by atoms with van der Waals surface area (Å²) in [5.41, 5.74) is 0.856. The topological polar surface area (TPSA) is 23.5 Å². The minimum absolute atomic E-state index is 0.670. The Hall–Kier alpha value is -1.30. The van der Waals surface area contributed by atoms with Crippen LogP contribution in [0.3, 0.4) is 0 Å². The minimum atomic E-state index is -0.670. The van der Waals surface area contributed by atoms with Crippen LogP contribution in [0.25, 0.3) is 0 Å². The first kappa shape index (κ1) is 12.8. The van der Waals surface area contributed by atoms with Gasteiger partial charge < -0.3 is 5.11 Å². The number of aliphatic hydroxyl groups excluding tert-OH is 1. The molecular weight excluding hydrogens is 198 g/mol. The summed E-state index contributed by atoms with van der Waals surface area (Å²) < 4.78 is 0. The summed E-state index contributed by atoms with van der Waals surface area (Å²) in [7, 11) is 0. The Balaban J connectivity index is 2.51. The Morgan fingerprint density at radius 1 is 1.19 bits per heavy atom. The molecule has 2 nitrogen and oxygen atoms in total. The summed E-state index contributed by atoms with van der Waals surface area (Å²) in [6, 6.07) is 9.52. The van der Waals surface area contributed by atoms with Crippen LogP contribution in [-0.4, -0.2) is 29.6 Å². The first-order chi connectivity index (χ1) is 7.77. The molecule has 0 unspecified atom stereocenters. The number of nitrogens with zero attached hydrogens (tertiary/aromatic N) is 1. The van der Waals surface area contributed by atoms with Crippen molar-refractivity contribution in [3.8, 4) is 11.8 Å². The molecule has 16 heavy (non-hydrogen) atoms. The van der Waals surface area contributed by atoms with Crippen molar-refractivity contribution >= 4 is 0 Å². The molecule has 0 aliphatic carbocycles. The van der Waals surface area contributed by atoms with Crippen molar-refractivity contribution < 1.29 is 5.11 Å². The molecule has 0 aliphatic rings. The molecule has 0 aromatic heterocycles. The summed E-state index contributed by atoms with van der Waals surface area (Å²) in [5, 5.41) is 9.79. The molecule has 0 saturated carbocycles. The molecule has 1 aromatic rings. The zero-order valence-electron chi connectivity index (χ0n) is 9.98. The molecule has 0 bridgehead atoms. The number of rotatable bonds is 4. The van der Waals surface area contributed by atoms with Gasteiger partial charge in [-0.25, -0.2) is 0 Å². The van der Waals surface area contributed by atoms with E-state index in [1.54, 1.807) is 0 Å². The lowest BCUT2D eigenvalue weighted by molar-refractivity contribution is 0.238. The fraction of sp³-hybridized carbons (Fsp3) is 0.429. The van der Waals surface area contributed by atoms with Crippen LogP contribution in [0.2, 0.25) is 0 Å². The van der Waals surface area contributed by atoms with Crippen LogP contribution in [0.1, 0.15) is 25.5 Å². The lowest BCUT2D eigenvalue weighted by atomic mass is 10.1. The molecule has 0 radical (unpaired) electrons. The van der Waals surface area contributed by atoms with Gasteiger partial charge in [0.25, 0.3) is 0 Å². The van der Waals surface area contributed by atoms with Gasteiger partial charge in [-0.3, -0.25) is 4.90 Å². The molecule has 0 amide bonds. The molecule has 1 atom stereocenters. The lowest BCUT2D eigenvalue weighted by Gasteiger charge is -2.13. The average Bonchev–Trinajstić information content (AvgIpc) is 2.35. The zero-order valence-corrected chi connectivity index (χ0v) is 9.98. The Morgan fingerprint density at radius 3 is 2.38 bits per heavy atom. The quantitative estimate of drug-likeness (QED) is 0.780. The van der Waals surface area contributed by atoms with Crippen molar-refractivity contribution in [2.24, 2.45) is 0 Å². The van der Waals surface area contributed by atoms with E-state index < -0.39 is 6.10 Å². The molecule has 0 saturated heterocycles. The standard InChI is InChI=1S/C14H19NO/c1-3-15(4-2)12-8-11-14(16)13-9-6-5-7-10-13/h5-7,9-10,14,16H,3-4,12H2,1-2H3/t14-/m1/s1. The molecule has 0 fully saturated rings. The van der Waals surface area contributed by atoms with Crippen LogP contribution in [-0.2, 0) is 0 Å². The van der Waals surface area contributed by atoms with E-state index in [0.29, 0.717) is 0 Å². The van der Waals surface area contributed by atoms with Crippen molar-refractivity contribution in [1.29, 1.82) is 0 Å². The van der Waals surface area contributed by atoms with E-state index in [9.17, 15) is 5.11 Å². The van der Waals surface area contributed by atoms with Gasteiger partial charge >= 0.3 is 0 Å². The van der Waals surface area contributed by atoms with Gasteiger partial charge in [-0.15, -0.1) is 0 Å². The van der Waals surface area contributed by atoms with E-state index in [0.717, 1.165) is 25.2 Å². The second kappa shape index (κ2) is 7.05. The Labute approximate surface area is 97.9 Å². The number of aliphatic hydroxyl groups is 1. The summed E-state index contributed by atoms with van der Waals surface area (Å²) >= 11 is 0. The number of hydrogen-bond acceptors (Lipinski definition) is 2. The van der Waals surface area contributed by atoms with Crippen molar-refractivity contribution in [2.75, 3.05) is 19.6 Å². The van der Waals surface area contributed by atoms with Crippen molar-refractivity contribution in [1.82, 2.24) is 4.90 Å². The van der Waals surface area contributed by atoms with Crippen LogP contribution in [0, 0.1) is 11.8 Å². The van der Waals surface area contributed by atoms with E-state index in [1.165, 1.54) is 0 Å². The first-order valence-corrected chi connectivity index (χ1v) is 5.71. The van der Waals surface area contributed by atoms with Gasteiger partial charge in [-0.1, -0.05) is 56.0 Å². The monoisotopic (exact) mass is 217 g/mol. The number of benzene rings is 1. The lowest BCUT2D eigenvalue weighted by Crippen LogP contribution is -2.22. The maximum Gasteiger partial charge on any atom is 0.140 e. The van der Waals surface area contributed by atoms with Crippen molar-refractivity contribution in [2.45, 2.75) is 20.0 Å². The van der Waals surface area contributed by atoms with Gasteiger partial charge in [-0.2, -0.15) is 0 Å². The first-order valence-electron chi connectivity index (χ1n) is 5.71. The molecule has 0 spiro atoms. The van der Waals surface area contributed by atoms with Crippen LogP contribution >= 0.6 is 0 Å². The van der Waals surface area contributed by atoms with Gasteiger partial charge in [0.2, 0.25) is 0 Å². The van der Waals surface area contributed by atoms with Crippen molar-refractivity contribution in [3.05, 3.63) is 35.9 Å². The molecule has 1 N–H and O–H groups in total. The highest BCUT2D eigenvalue weighted by Gasteiger charge is 2.01. The van der Waals surface area contributed by atoms with Crippen LogP contribution in [0.15, 0.2) is 30.3 Å².